The highest BCUT2D eigenvalue weighted by Crippen LogP contribution is 2.13. The predicted molar refractivity (Wildman–Crippen MR) is 65.4 cm³/mol. The van der Waals surface area contributed by atoms with Crippen molar-refractivity contribution in [2.45, 2.75) is 12.5 Å². The number of benzene rings is 1. The number of fused-ring (bicyclic) bond motifs is 1. The molecule has 0 radical (unpaired) electrons. The zero-order valence-corrected chi connectivity index (χ0v) is 9.59. The van der Waals surface area contributed by atoms with Crippen LogP contribution in [0.2, 0.25) is 0 Å². The zero-order valence-electron chi connectivity index (χ0n) is 9.59. The molecule has 1 unspecified atom stereocenters. The van der Waals surface area contributed by atoms with Crippen LogP contribution in [0.1, 0.15) is 5.56 Å². The molecule has 2 rings (SSSR count). The number of ether oxygens (including phenoxy) is 1. The lowest BCUT2D eigenvalue weighted by Crippen LogP contribution is -2.33. The van der Waals surface area contributed by atoms with Gasteiger partial charge in [0.2, 0.25) is 0 Å². The Morgan fingerprint density at radius 1 is 1.47 bits per heavy atom. The third-order valence-electron chi connectivity index (χ3n) is 2.61. The fourth-order valence-corrected chi connectivity index (χ4v) is 1.72. The Morgan fingerprint density at radius 3 is 3.00 bits per heavy atom. The van der Waals surface area contributed by atoms with Crippen molar-refractivity contribution in [2.24, 2.45) is 5.73 Å². The molecule has 1 aromatic carbocycles. The van der Waals surface area contributed by atoms with E-state index in [1.165, 1.54) is 7.11 Å². The summed E-state index contributed by atoms with van der Waals surface area (Å²) >= 11 is 0. The van der Waals surface area contributed by atoms with Crippen molar-refractivity contribution < 1.29 is 9.53 Å². The van der Waals surface area contributed by atoms with E-state index in [1.54, 1.807) is 6.20 Å². The summed E-state index contributed by atoms with van der Waals surface area (Å²) < 4.78 is 4.59. The van der Waals surface area contributed by atoms with Crippen molar-refractivity contribution in [3.05, 3.63) is 42.1 Å². The van der Waals surface area contributed by atoms with Gasteiger partial charge in [-0.15, -0.1) is 0 Å². The average molecular weight is 230 g/mol. The molecule has 0 aliphatic heterocycles. The van der Waals surface area contributed by atoms with Gasteiger partial charge >= 0.3 is 5.97 Å². The number of carbonyl (C=O) groups excluding carboxylic acids is 1. The van der Waals surface area contributed by atoms with Crippen molar-refractivity contribution in [3.63, 3.8) is 0 Å². The van der Waals surface area contributed by atoms with E-state index in [0.717, 1.165) is 16.5 Å². The fraction of sp³-hybridized carbons (Fsp3) is 0.231. The fourth-order valence-electron chi connectivity index (χ4n) is 1.72. The molecule has 88 valence electrons. The molecule has 0 saturated heterocycles. The number of carbonyl (C=O) groups is 1. The Labute approximate surface area is 99.4 Å². The molecule has 4 heteroatoms. The molecule has 0 fully saturated rings. The van der Waals surface area contributed by atoms with Crippen LogP contribution in [0.3, 0.4) is 0 Å². The lowest BCUT2D eigenvalue weighted by molar-refractivity contribution is -0.142. The molecule has 1 aromatic heterocycles. The van der Waals surface area contributed by atoms with E-state index < -0.39 is 12.0 Å². The molecule has 1 atom stereocenters. The van der Waals surface area contributed by atoms with Crippen molar-refractivity contribution in [1.29, 1.82) is 0 Å². The van der Waals surface area contributed by atoms with Gasteiger partial charge < -0.3 is 10.5 Å². The van der Waals surface area contributed by atoms with Crippen LogP contribution in [0.4, 0.5) is 0 Å². The summed E-state index contributed by atoms with van der Waals surface area (Å²) in [6, 6.07) is 9.17. The third-order valence-corrected chi connectivity index (χ3v) is 2.61. The lowest BCUT2D eigenvalue weighted by Gasteiger charge is -2.09. The van der Waals surface area contributed by atoms with E-state index in [-0.39, 0.29) is 0 Å². The highest BCUT2D eigenvalue weighted by Gasteiger charge is 2.14. The smallest absolute Gasteiger partial charge is 0.322 e. The van der Waals surface area contributed by atoms with Crippen LogP contribution >= 0.6 is 0 Å². The summed E-state index contributed by atoms with van der Waals surface area (Å²) in [7, 11) is 1.33. The number of para-hydroxylation sites is 1. The summed E-state index contributed by atoms with van der Waals surface area (Å²) in [6.07, 6.45) is 2.18. The van der Waals surface area contributed by atoms with Crippen LogP contribution in [0.5, 0.6) is 0 Å². The summed E-state index contributed by atoms with van der Waals surface area (Å²) in [4.78, 5) is 15.5. The third kappa shape index (κ3) is 2.60. The highest BCUT2D eigenvalue weighted by atomic mass is 16.5. The van der Waals surface area contributed by atoms with Gasteiger partial charge in [0, 0.05) is 11.6 Å². The molecule has 0 amide bonds. The Bertz CT molecular complexity index is 540. The SMILES string of the molecule is COC(=O)C(N)Cc1cnc2ccccc2c1. The highest BCUT2D eigenvalue weighted by molar-refractivity contribution is 5.79. The molecular formula is C13H14N2O2. The minimum atomic E-state index is -0.636. The van der Waals surface area contributed by atoms with Crippen LogP contribution < -0.4 is 5.73 Å². The average Bonchev–Trinajstić information content (AvgIpc) is 2.37. The Hall–Kier alpha value is -1.94. The maximum Gasteiger partial charge on any atom is 0.322 e. The summed E-state index contributed by atoms with van der Waals surface area (Å²) in [5.74, 6) is -0.404. The van der Waals surface area contributed by atoms with Gasteiger partial charge in [0.1, 0.15) is 6.04 Å². The van der Waals surface area contributed by atoms with Crippen LogP contribution in [0, 0.1) is 0 Å². The molecule has 2 aromatic rings. The number of methoxy groups -OCH3 is 1. The molecule has 0 saturated carbocycles. The normalized spacial score (nSPS) is 12.4. The maximum atomic E-state index is 11.2. The molecule has 4 nitrogen and oxygen atoms in total. The first-order chi connectivity index (χ1) is 8.20. The Balaban J connectivity index is 2.22. The van der Waals surface area contributed by atoms with Crippen LogP contribution in [0.15, 0.2) is 36.5 Å². The van der Waals surface area contributed by atoms with E-state index in [9.17, 15) is 4.79 Å². The number of esters is 1. The molecule has 0 aliphatic carbocycles. The first-order valence-electron chi connectivity index (χ1n) is 5.38. The van der Waals surface area contributed by atoms with Gasteiger partial charge in [-0.2, -0.15) is 0 Å². The topological polar surface area (TPSA) is 65.2 Å². The number of nitrogens with two attached hydrogens (primary N) is 1. The Kier molecular flexibility index (Phi) is 3.35. The van der Waals surface area contributed by atoms with Gasteiger partial charge in [-0.05, 0) is 24.1 Å². The largest absolute Gasteiger partial charge is 0.468 e. The van der Waals surface area contributed by atoms with Crippen molar-refractivity contribution in [2.75, 3.05) is 7.11 Å². The van der Waals surface area contributed by atoms with Gasteiger partial charge in [-0.25, -0.2) is 0 Å². The molecule has 0 spiro atoms. The molecule has 1 heterocycles. The maximum absolute atomic E-state index is 11.2. The lowest BCUT2D eigenvalue weighted by atomic mass is 10.1. The van der Waals surface area contributed by atoms with E-state index >= 15 is 0 Å². The number of nitrogens with zero attached hydrogens (tertiary/aromatic N) is 1. The van der Waals surface area contributed by atoms with Gasteiger partial charge in [0.25, 0.3) is 0 Å². The second-order valence-corrected chi connectivity index (χ2v) is 3.87. The Morgan fingerprint density at radius 2 is 2.24 bits per heavy atom. The van der Waals surface area contributed by atoms with Crippen molar-refractivity contribution >= 4 is 16.9 Å². The van der Waals surface area contributed by atoms with E-state index in [4.69, 9.17) is 5.73 Å². The van der Waals surface area contributed by atoms with E-state index in [0.29, 0.717) is 6.42 Å². The van der Waals surface area contributed by atoms with Crippen molar-refractivity contribution in [3.8, 4) is 0 Å². The van der Waals surface area contributed by atoms with Gasteiger partial charge in [0.15, 0.2) is 0 Å². The molecule has 0 aliphatic rings. The minimum Gasteiger partial charge on any atom is -0.468 e. The van der Waals surface area contributed by atoms with Gasteiger partial charge in [-0.1, -0.05) is 18.2 Å². The van der Waals surface area contributed by atoms with Crippen LogP contribution in [0.25, 0.3) is 10.9 Å². The summed E-state index contributed by atoms with van der Waals surface area (Å²) in [5.41, 5.74) is 7.57. The van der Waals surface area contributed by atoms with E-state index in [1.807, 2.05) is 30.3 Å². The van der Waals surface area contributed by atoms with Crippen LogP contribution in [-0.2, 0) is 16.0 Å². The van der Waals surface area contributed by atoms with Crippen LogP contribution in [-0.4, -0.2) is 24.1 Å². The molecule has 17 heavy (non-hydrogen) atoms. The number of pyridine rings is 1. The minimum absolute atomic E-state index is 0.404. The molecule has 2 N–H and O–H groups in total. The number of rotatable bonds is 3. The number of hydrogen-bond acceptors (Lipinski definition) is 4. The van der Waals surface area contributed by atoms with Gasteiger partial charge in [0.05, 0.1) is 12.6 Å². The van der Waals surface area contributed by atoms with Crippen molar-refractivity contribution in [1.82, 2.24) is 4.98 Å². The second-order valence-electron chi connectivity index (χ2n) is 3.87. The van der Waals surface area contributed by atoms with E-state index in [2.05, 4.69) is 9.72 Å². The predicted octanol–water partition coefficient (Wildman–Crippen LogP) is 1.28. The number of aromatic nitrogens is 1. The summed E-state index contributed by atoms with van der Waals surface area (Å²) in [5, 5.41) is 1.04. The van der Waals surface area contributed by atoms with Gasteiger partial charge in [-0.3, -0.25) is 9.78 Å². The molecular weight excluding hydrogens is 216 g/mol. The standard InChI is InChI=1S/C13H14N2O2/c1-17-13(16)11(14)7-9-6-10-4-2-3-5-12(10)15-8-9/h2-6,8,11H,7,14H2,1H3. The summed E-state index contributed by atoms with van der Waals surface area (Å²) in [6.45, 7) is 0. The first-order valence-corrected chi connectivity index (χ1v) is 5.38. The monoisotopic (exact) mass is 230 g/mol. The second kappa shape index (κ2) is 4.93. The molecule has 0 bridgehead atoms. The quantitative estimate of drug-likeness (QED) is 0.807. The zero-order chi connectivity index (χ0) is 12.3. The first kappa shape index (κ1) is 11.5. The number of hydrogen-bond donors (Lipinski definition) is 1.